The van der Waals surface area contributed by atoms with E-state index in [1.165, 1.54) is 0 Å². The van der Waals surface area contributed by atoms with Gasteiger partial charge in [0.25, 0.3) is 0 Å². The van der Waals surface area contributed by atoms with Crippen LogP contribution < -0.4 is 10.6 Å². The molecule has 0 atom stereocenters. The lowest BCUT2D eigenvalue weighted by molar-refractivity contribution is -0.0281. The number of rotatable bonds is 1. The molecule has 0 bridgehead atoms. The van der Waals surface area contributed by atoms with Crippen LogP contribution in [0.2, 0.25) is 0 Å². The van der Waals surface area contributed by atoms with Crippen LogP contribution in [-0.2, 0) is 4.74 Å². The molecule has 0 aromatic carbocycles. The molecule has 0 aliphatic carbocycles. The van der Waals surface area contributed by atoms with Crippen LogP contribution in [0.25, 0.3) is 0 Å². The van der Waals surface area contributed by atoms with Crippen LogP contribution in [0.15, 0.2) is 10.7 Å². The third kappa shape index (κ3) is 2.62. The fourth-order valence-electron chi connectivity index (χ4n) is 1.75. The lowest BCUT2D eigenvalue weighted by Crippen LogP contribution is -2.49. The maximum atomic E-state index is 5.69. The van der Waals surface area contributed by atoms with Gasteiger partial charge in [-0.1, -0.05) is 0 Å². The van der Waals surface area contributed by atoms with E-state index >= 15 is 0 Å². The molecule has 2 N–H and O–H groups in total. The van der Waals surface area contributed by atoms with Crippen molar-refractivity contribution in [3.8, 4) is 0 Å². The molecule has 1 aliphatic heterocycles. The zero-order chi connectivity index (χ0) is 11.8. The standard InChI is InChI=1S/C10H15BrN4O/c1-10(2)6-15(3-4-16-10)9-13-7(11)5-8(12)14-9/h5H,3-4,6H2,1-2H3,(H2,12,13,14). The molecule has 1 fully saturated rings. The number of anilines is 2. The second kappa shape index (κ2) is 4.18. The number of aromatic nitrogens is 2. The number of hydrogen-bond acceptors (Lipinski definition) is 5. The number of ether oxygens (including phenoxy) is 1. The first-order valence-electron chi connectivity index (χ1n) is 5.15. The van der Waals surface area contributed by atoms with Crippen molar-refractivity contribution >= 4 is 27.7 Å². The van der Waals surface area contributed by atoms with Gasteiger partial charge >= 0.3 is 0 Å². The quantitative estimate of drug-likeness (QED) is 0.792. The molecule has 0 saturated carbocycles. The zero-order valence-electron chi connectivity index (χ0n) is 9.40. The Hall–Kier alpha value is -0.880. The van der Waals surface area contributed by atoms with E-state index in [2.05, 4.69) is 44.6 Å². The van der Waals surface area contributed by atoms with Crippen LogP contribution in [-0.4, -0.2) is 35.3 Å². The fraction of sp³-hybridized carbons (Fsp3) is 0.600. The Morgan fingerprint density at radius 2 is 2.25 bits per heavy atom. The molecule has 6 heteroatoms. The van der Waals surface area contributed by atoms with Crippen molar-refractivity contribution < 1.29 is 4.74 Å². The molecular weight excluding hydrogens is 272 g/mol. The summed E-state index contributed by atoms with van der Waals surface area (Å²) in [5, 5.41) is 0. The summed E-state index contributed by atoms with van der Waals surface area (Å²) in [5.74, 6) is 1.13. The maximum absolute atomic E-state index is 5.69. The molecule has 0 unspecified atom stereocenters. The van der Waals surface area contributed by atoms with Gasteiger partial charge in [0, 0.05) is 19.2 Å². The molecule has 0 spiro atoms. The van der Waals surface area contributed by atoms with Gasteiger partial charge in [-0.05, 0) is 29.8 Å². The average molecular weight is 287 g/mol. The van der Waals surface area contributed by atoms with E-state index in [-0.39, 0.29) is 5.60 Å². The van der Waals surface area contributed by atoms with E-state index in [9.17, 15) is 0 Å². The zero-order valence-corrected chi connectivity index (χ0v) is 11.0. The van der Waals surface area contributed by atoms with Crippen molar-refractivity contribution in [2.24, 2.45) is 0 Å². The van der Waals surface area contributed by atoms with Crippen molar-refractivity contribution in [2.45, 2.75) is 19.4 Å². The van der Waals surface area contributed by atoms with E-state index in [1.54, 1.807) is 6.07 Å². The van der Waals surface area contributed by atoms with E-state index in [4.69, 9.17) is 10.5 Å². The van der Waals surface area contributed by atoms with Gasteiger partial charge in [0.05, 0.1) is 12.2 Å². The number of nitrogens with zero attached hydrogens (tertiary/aromatic N) is 3. The summed E-state index contributed by atoms with van der Waals surface area (Å²) < 4.78 is 6.34. The van der Waals surface area contributed by atoms with Gasteiger partial charge in [-0.3, -0.25) is 0 Å². The molecule has 1 aromatic rings. The SMILES string of the molecule is CC1(C)CN(c2nc(N)cc(Br)n2)CCO1. The Morgan fingerprint density at radius 3 is 2.88 bits per heavy atom. The number of nitrogens with two attached hydrogens (primary N) is 1. The predicted molar refractivity (Wildman–Crippen MR) is 66.4 cm³/mol. The molecule has 2 heterocycles. The minimum absolute atomic E-state index is 0.168. The third-order valence-corrected chi connectivity index (χ3v) is 2.82. The Morgan fingerprint density at radius 1 is 1.50 bits per heavy atom. The molecule has 88 valence electrons. The summed E-state index contributed by atoms with van der Waals surface area (Å²) in [6.07, 6.45) is 0. The lowest BCUT2D eigenvalue weighted by atomic mass is 10.1. The summed E-state index contributed by atoms with van der Waals surface area (Å²) >= 11 is 3.32. The first kappa shape index (κ1) is 11.6. The number of nitrogen functional groups attached to an aromatic ring is 1. The van der Waals surface area contributed by atoms with Gasteiger partial charge in [0.1, 0.15) is 10.4 Å². The molecule has 0 radical (unpaired) electrons. The van der Waals surface area contributed by atoms with Crippen LogP contribution in [0.4, 0.5) is 11.8 Å². The highest BCUT2D eigenvalue weighted by Gasteiger charge is 2.28. The Bertz CT molecular complexity index is 376. The summed E-state index contributed by atoms with van der Waals surface area (Å²) in [7, 11) is 0. The van der Waals surface area contributed by atoms with Gasteiger partial charge in [-0.2, -0.15) is 4.98 Å². The lowest BCUT2D eigenvalue weighted by Gasteiger charge is -2.38. The largest absolute Gasteiger partial charge is 0.383 e. The number of halogens is 1. The molecule has 16 heavy (non-hydrogen) atoms. The molecule has 0 amide bonds. The maximum Gasteiger partial charge on any atom is 0.228 e. The second-order valence-electron chi connectivity index (χ2n) is 4.45. The summed E-state index contributed by atoms with van der Waals surface area (Å²) in [6, 6.07) is 1.69. The highest BCUT2D eigenvalue weighted by molar-refractivity contribution is 9.10. The average Bonchev–Trinajstić information content (AvgIpc) is 2.14. The minimum Gasteiger partial charge on any atom is -0.383 e. The Balaban J connectivity index is 2.23. The molecule has 1 aromatic heterocycles. The van der Waals surface area contributed by atoms with Crippen LogP contribution in [0.1, 0.15) is 13.8 Å². The van der Waals surface area contributed by atoms with Gasteiger partial charge in [0.2, 0.25) is 5.95 Å². The second-order valence-corrected chi connectivity index (χ2v) is 5.26. The van der Waals surface area contributed by atoms with E-state index < -0.39 is 0 Å². The van der Waals surface area contributed by atoms with Crippen molar-refractivity contribution in [2.75, 3.05) is 30.3 Å². The van der Waals surface area contributed by atoms with Crippen molar-refractivity contribution in [3.05, 3.63) is 10.7 Å². The number of hydrogen-bond donors (Lipinski definition) is 1. The smallest absolute Gasteiger partial charge is 0.228 e. The van der Waals surface area contributed by atoms with E-state index in [0.29, 0.717) is 23.0 Å². The van der Waals surface area contributed by atoms with Crippen LogP contribution >= 0.6 is 15.9 Å². The van der Waals surface area contributed by atoms with Crippen LogP contribution in [0, 0.1) is 0 Å². The first-order valence-corrected chi connectivity index (χ1v) is 5.94. The Kier molecular flexibility index (Phi) is 3.03. The molecule has 2 rings (SSSR count). The predicted octanol–water partition coefficient (Wildman–Crippen LogP) is 1.44. The van der Waals surface area contributed by atoms with Gasteiger partial charge in [-0.25, -0.2) is 4.98 Å². The normalized spacial score (nSPS) is 19.8. The molecular formula is C10H15BrN4O. The number of morpholine rings is 1. The van der Waals surface area contributed by atoms with Gasteiger partial charge in [-0.15, -0.1) is 0 Å². The highest BCUT2D eigenvalue weighted by Crippen LogP contribution is 2.22. The Labute approximate surface area is 103 Å². The van der Waals surface area contributed by atoms with Crippen LogP contribution in [0.3, 0.4) is 0 Å². The van der Waals surface area contributed by atoms with Gasteiger partial charge < -0.3 is 15.4 Å². The van der Waals surface area contributed by atoms with E-state index in [1.807, 2.05) is 0 Å². The van der Waals surface area contributed by atoms with Crippen molar-refractivity contribution in [1.82, 2.24) is 9.97 Å². The summed E-state index contributed by atoms with van der Waals surface area (Å²) in [4.78, 5) is 10.6. The van der Waals surface area contributed by atoms with Crippen LogP contribution in [0.5, 0.6) is 0 Å². The monoisotopic (exact) mass is 286 g/mol. The van der Waals surface area contributed by atoms with E-state index in [0.717, 1.165) is 13.1 Å². The summed E-state index contributed by atoms with van der Waals surface area (Å²) in [6.45, 7) is 6.35. The highest BCUT2D eigenvalue weighted by atomic mass is 79.9. The molecule has 1 saturated heterocycles. The topological polar surface area (TPSA) is 64.3 Å². The van der Waals surface area contributed by atoms with Crippen molar-refractivity contribution in [1.29, 1.82) is 0 Å². The van der Waals surface area contributed by atoms with Crippen molar-refractivity contribution in [3.63, 3.8) is 0 Å². The fourth-order valence-corrected chi connectivity index (χ4v) is 2.14. The first-order chi connectivity index (χ1) is 7.46. The third-order valence-electron chi connectivity index (χ3n) is 2.41. The minimum atomic E-state index is -0.168. The molecule has 5 nitrogen and oxygen atoms in total. The summed E-state index contributed by atoms with van der Waals surface area (Å²) in [5.41, 5.74) is 5.53. The molecule has 1 aliphatic rings. The van der Waals surface area contributed by atoms with Gasteiger partial charge in [0.15, 0.2) is 0 Å².